The summed E-state index contributed by atoms with van der Waals surface area (Å²) < 4.78 is 10.5. The maximum atomic E-state index is 9.73. The second-order valence-corrected chi connectivity index (χ2v) is 5.79. The number of hydrogen-bond acceptors (Lipinski definition) is 8. The third-order valence-corrected chi connectivity index (χ3v) is 4.04. The molecular formula is C12H25NO6S. The molecule has 7 nitrogen and oxygen atoms in total. The zero-order chi connectivity index (χ0) is 15.0. The first-order valence-electron chi connectivity index (χ1n) is 6.81. The lowest BCUT2D eigenvalue weighted by molar-refractivity contribution is -0.296. The van der Waals surface area contributed by atoms with E-state index in [9.17, 15) is 15.3 Å². The Kier molecular flexibility index (Phi) is 8.98. The van der Waals surface area contributed by atoms with Crippen molar-refractivity contribution in [1.29, 1.82) is 0 Å². The lowest BCUT2D eigenvalue weighted by Crippen LogP contribution is -2.59. The molecule has 0 bridgehead atoms. The molecule has 20 heavy (non-hydrogen) atoms. The molecule has 0 aliphatic carbocycles. The third kappa shape index (κ3) is 5.45. The van der Waals surface area contributed by atoms with E-state index in [0.717, 1.165) is 25.0 Å². The molecule has 1 aliphatic heterocycles. The van der Waals surface area contributed by atoms with Crippen molar-refractivity contribution in [3.8, 4) is 0 Å². The van der Waals surface area contributed by atoms with Crippen LogP contribution in [0.2, 0.25) is 0 Å². The molecule has 0 aromatic carbocycles. The first kappa shape index (κ1) is 18.1. The molecule has 0 amide bonds. The van der Waals surface area contributed by atoms with Crippen LogP contribution in [-0.2, 0) is 9.47 Å². The molecule has 5 atom stereocenters. The van der Waals surface area contributed by atoms with Gasteiger partial charge in [-0.05, 0) is 25.1 Å². The van der Waals surface area contributed by atoms with E-state index in [1.165, 1.54) is 0 Å². The van der Waals surface area contributed by atoms with E-state index in [0.29, 0.717) is 12.5 Å². The van der Waals surface area contributed by atoms with Crippen LogP contribution >= 0.6 is 11.8 Å². The lowest BCUT2D eigenvalue weighted by atomic mass is 9.99. The van der Waals surface area contributed by atoms with Crippen molar-refractivity contribution in [2.45, 2.75) is 50.0 Å². The maximum Gasteiger partial charge on any atom is 0.187 e. The molecule has 0 radical (unpaired) electrons. The highest BCUT2D eigenvalue weighted by molar-refractivity contribution is 7.99. The number of hydrogen-bond donors (Lipinski definition) is 5. The minimum atomic E-state index is -1.39. The van der Waals surface area contributed by atoms with Gasteiger partial charge < -0.3 is 35.6 Å². The summed E-state index contributed by atoms with van der Waals surface area (Å²) >= 11 is 1.55. The Hall–Kier alpha value is 0.0700. The van der Waals surface area contributed by atoms with Gasteiger partial charge in [-0.25, -0.2) is 0 Å². The number of unbranched alkanes of at least 4 members (excludes halogenated alkanes) is 2. The van der Waals surface area contributed by atoms with Gasteiger partial charge in [-0.2, -0.15) is 0 Å². The maximum absolute atomic E-state index is 9.73. The fraction of sp³-hybridized carbons (Fsp3) is 1.00. The van der Waals surface area contributed by atoms with Gasteiger partial charge in [0.2, 0.25) is 0 Å². The van der Waals surface area contributed by atoms with E-state index >= 15 is 0 Å². The average Bonchev–Trinajstić information content (AvgIpc) is 2.46. The molecule has 1 saturated heterocycles. The third-order valence-electron chi connectivity index (χ3n) is 3.16. The average molecular weight is 311 g/mol. The first-order valence-corrected chi connectivity index (χ1v) is 7.97. The van der Waals surface area contributed by atoms with Crippen LogP contribution in [0.1, 0.15) is 19.3 Å². The molecule has 0 saturated carbocycles. The largest absolute Gasteiger partial charge is 0.394 e. The zero-order valence-corrected chi connectivity index (χ0v) is 12.2. The topological polar surface area (TPSA) is 125 Å². The lowest BCUT2D eigenvalue weighted by Gasteiger charge is -2.39. The van der Waals surface area contributed by atoms with Crippen LogP contribution in [-0.4, -0.2) is 76.0 Å². The predicted molar refractivity (Wildman–Crippen MR) is 75.1 cm³/mol. The van der Waals surface area contributed by atoms with Crippen LogP contribution in [0.25, 0.3) is 0 Å². The zero-order valence-electron chi connectivity index (χ0n) is 11.4. The van der Waals surface area contributed by atoms with E-state index in [4.69, 9.17) is 20.3 Å². The van der Waals surface area contributed by atoms with E-state index in [-0.39, 0.29) is 0 Å². The Morgan fingerprint density at radius 2 is 1.80 bits per heavy atom. The molecule has 1 fully saturated rings. The van der Waals surface area contributed by atoms with E-state index in [1.54, 1.807) is 11.8 Å². The summed E-state index contributed by atoms with van der Waals surface area (Å²) in [5, 5.41) is 37.9. The van der Waals surface area contributed by atoms with Crippen molar-refractivity contribution in [3.05, 3.63) is 0 Å². The second kappa shape index (κ2) is 9.91. The van der Waals surface area contributed by atoms with Crippen LogP contribution in [0, 0.1) is 0 Å². The van der Waals surface area contributed by atoms with Gasteiger partial charge in [0.15, 0.2) is 6.29 Å². The minimum absolute atomic E-state index is 0.311. The van der Waals surface area contributed by atoms with Crippen LogP contribution < -0.4 is 5.73 Å². The molecule has 0 aromatic rings. The van der Waals surface area contributed by atoms with E-state index < -0.39 is 37.3 Å². The van der Waals surface area contributed by atoms with Gasteiger partial charge in [-0.15, -0.1) is 11.8 Å². The summed E-state index contributed by atoms with van der Waals surface area (Å²) in [7, 11) is 0. The van der Waals surface area contributed by atoms with Crippen LogP contribution in [0.5, 0.6) is 0 Å². The number of aliphatic hydroxyl groups excluding tert-OH is 4. The first-order chi connectivity index (χ1) is 9.61. The molecule has 1 heterocycles. The number of rotatable bonds is 9. The van der Waals surface area contributed by atoms with Gasteiger partial charge in [0.1, 0.15) is 24.4 Å². The van der Waals surface area contributed by atoms with Crippen molar-refractivity contribution in [2.24, 2.45) is 5.73 Å². The summed E-state index contributed by atoms with van der Waals surface area (Å²) in [6.45, 7) is 0.253. The van der Waals surface area contributed by atoms with Crippen LogP contribution in [0.4, 0.5) is 0 Å². The SMILES string of the molecule is NCCCCCSCO[C@H]1O[C@H](CO)[C@@H](O)[C@H](O)[C@@H]1O. The van der Waals surface area contributed by atoms with Crippen molar-refractivity contribution in [3.63, 3.8) is 0 Å². The summed E-state index contributed by atoms with van der Waals surface area (Å²) in [5.74, 6) is 1.22. The van der Waals surface area contributed by atoms with Crippen LogP contribution in [0.3, 0.4) is 0 Å². The summed E-state index contributed by atoms with van der Waals surface area (Å²) in [4.78, 5) is 0. The van der Waals surface area contributed by atoms with Gasteiger partial charge in [0.25, 0.3) is 0 Å². The monoisotopic (exact) mass is 311 g/mol. The molecule has 1 aliphatic rings. The highest BCUT2D eigenvalue weighted by Crippen LogP contribution is 2.22. The number of thioether (sulfide) groups is 1. The molecule has 120 valence electrons. The minimum Gasteiger partial charge on any atom is -0.394 e. The molecule has 0 aromatic heterocycles. The van der Waals surface area contributed by atoms with Gasteiger partial charge in [0, 0.05) is 0 Å². The van der Waals surface area contributed by atoms with Crippen LogP contribution in [0.15, 0.2) is 0 Å². The molecule has 6 N–H and O–H groups in total. The number of nitrogens with two attached hydrogens (primary N) is 1. The van der Waals surface area contributed by atoms with E-state index in [2.05, 4.69) is 0 Å². The standard InChI is InChI=1S/C12H25NO6S/c13-4-2-1-3-5-20-7-18-12-11(17)10(16)9(15)8(6-14)19-12/h8-12,14-17H,1-7,13H2/t8-,9-,10+,11+,12+/m1/s1. The molecule has 0 spiro atoms. The Morgan fingerprint density at radius 3 is 2.45 bits per heavy atom. The number of aliphatic hydroxyl groups is 4. The molecule has 0 unspecified atom stereocenters. The van der Waals surface area contributed by atoms with Gasteiger partial charge in [0.05, 0.1) is 12.5 Å². The summed E-state index contributed by atoms with van der Waals surface area (Å²) in [6.07, 6.45) is -2.91. The fourth-order valence-corrected chi connectivity index (χ4v) is 2.66. The van der Waals surface area contributed by atoms with Crippen molar-refractivity contribution >= 4 is 11.8 Å². The fourth-order valence-electron chi connectivity index (χ4n) is 1.90. The van der Waals surface area contributed by atoms with Crippen molar-refractivity contribution in [2.75, 3.05) is 24.8 Å². The quantitative estimate of drug-likeness (QED) is 0.261. The van der Waals surface area contributed by atoms with Crippen molar-refractivity contribution in [1.82, 2.24) is 0 Å². The van der Waals surface area contributed by atoms with Gasteiger partial charge >= 0.3 is 0 Å². The van der Waals surface area contributed by atoms with E-state index in [1.807, 2.05) is 0 Å². The molecular weight excluding hydrogens is 286 g/mol. The Bertz CT molecular complexity index is 258. The smallest absolute Gasteiger partial charge is 0.187 e. The second-order valence-electron chi connectivity index (χ2n) is 4.74. The Morgan fingerprint density at radius 1 is 1.05 bits per heavy atom. The predicted octanol–water partition coefficient (Wildman–Crippen LogP) is -1.38. The van der Waals surface area contributed by atoms with Gasteiger partial charge in [-0.3, -0.25) is 0 Å². The Balaban J connectivity index is 2.21. The summed E-state index contributed by atoms with van der Waals surface area (Å²) in [5.41, 5.74) is 5.39. The Labute approximate surface area is 123 Å². The number of ether oxygens (including phenoxy) is 2. The van der Waals surface area contributed by atoms with Crippen molar-refractivity contribution < 1.29 is 29.9 Å². The normalized spacial score (nSPS) is 34.4. The highest BCUT2D eigenvalue weighted by Gasteiger charge is 2.43. The van der Waals surface area contributed by atoms with Gasteiger partial charge in [-0.1, -0.05) is 6.42 Å². The molecule has 1 rings (SSSR count). The summed E-state index contributed by atoms with van der Waals surface area (Å²) in [6, 6.07) is 0. The molecule has 8 heteroatoms. The highest BCUT2D eigenvalue weighted by atomic mass is 32.2.